The Morgan fingerprint density at radius 2 is 1.97 bits per heavy atom. The lowest BCUT2D eigenvalue weighted by molar-refractivity contribution is 0.628. The van der Waals surface area contributed by atoms with Crippen molar-refractivity contribution in [2.24, 2.45) is 7.05 Å². The number of aromatic nitrogens is 8. The predicted octanol–water partition coefficient (Wildman–Crippen LogP) is 4.10. The number of hydrogen-bond acceptors (Lipinski definition) is 5. The number of benzene rings is 1. The average Bonchev–Trinajstić information content (AvgIpc) is 3.50. The number of hydrogen-bond donors (Lipinski definition) is 2. The second-order valence-corrected chi connectivity index (χ2v) is 7.24. The first-order chi connectivity index (χ1) is 15.2. The Hall–Kier alpha value is -4.40. The molecule has 0 unspecified atom stereocenters. The largest absolute Gasteiger partial charge is 0.321 e. The van der Waals surface area contributed by atoms with Gasteiger partial charge in [0, 0.05) is 36.0 Å². The molecule has 150 valence electrons. The van der Waals surface area contributed by atoms with Crippen LogP contribution in [0.4, 0.5) is 4.39 Å². The van der Waals surface area contributed by atoms with Crippen LogP contribution in [-0.4, -0.2) is 39.9 Å². The van der Waals surface area contributed by atoms with E-state index in [2.05, 4.69) is 30.2 Å². The van der Waals surface area contributed by atoms with Crippen molar-refractivity contribution in [2.75, 3.05) is 0 Å². The van der Waals surface area contributed by atoms with E-state index in [-0.39, 0.29) is 5.82 Å². The van der Waals surface area contributed by atoms with Crippen LogP contribution in [0.5, 0.6) is 0 Å². The maximum Gasteiger partial charge on any atom is 0.160 e. The fourth-order valence-corrected chi connectivity index (χ4v) is 3.72. The number of pyridine rings is 2. The number of rotatable bonds is 3. The molecule has 9 heteroatoms. The summed E-state index contributed by atoms with van der Waals surface area (Å²) in [6.45, 7) is 0. The molecule has 0 radical (unpaired) electrons. The standard InChI is InChI=1S/C22H15FN8/c1-31-11-13(9-26-31)17-8-16-18(10-25-17)29-30-20(16)22-27-19-15(5-6-24-21(19)28-22)12-3-2-4-14(23)7-12/h2-11H,1H3,(H,29,30)(H,24,27,28). The molecule has 0 bridgehead atoms. The summed E-state index contributed by atoms with van der Waals surface area (Å²) < 4.78 is 15.5. The molecule has 6 rings (SSSR count). The molecule has 0 fully saturated rings. The number of nitrogens with zero attached hydrogens (tertiary/aromatic N) is 6. The van der Waals surface area contributed by atoms with Gasteiger partial charge in [-0.3, -0.25) is 14.8 Å². The highest BCUT2D eigenvalue weighted by molar-refractivity contribution is 5.96. The maximum atomic E-state index is 13.8. The minimum Gasteiger partial charge on any atom is -0.321 e. The van der Waals surface area contributed by atoms with Gasteiger partial charge >= 0.3 is 0 Å². The van der Waals surface area contributed by atoms with Gasteiger partial charge in [0.1, 0.15) is 17.0 Å². The number of H-pyrrole nitrogens is 2. The van der Waals surface area contributed by atoms with E-state index in [1.165, 1.54) is 12.1 Å². The van der Waals surface area contributed by atoms with Gasteiger partial charge in [-0.2, -0.15) is 10.2 Å². The molecule has 8 nitrogen and oxygen atoms in total. The minimum absolute atomic E-state index is 0.299. The Bertz CT molecular complexity index is 1580. The summed E-state index contributed by atoms with van der Waals surface area (Å²) in [5.41, 5.74) is 5.95. The molecular weight excluding hydrogens is 395 g/mol. The summed E-state index contributed by atoms with van der Waals surface area (Å²) in [6, 6.07) is 10.2. The third-order valence-electron chi connectivity index (χ3n) is 5.19. The number of nitrogens with one attached hydrogen (secondary N) is 2. The summed E-state index contributed by atoms with van der Waals surface area (Å²) in [7, 11) is 1.86. The zero-order chi connectivity index (χ0) is 20.9. The van der Waals surface area contributed by atoms with Crippen LogP contribution in [0.15, 0.2) is 61.2 Å². The minimum atomic E-state index is -0.299. The van der Waals surface area contributed by atoms with Gasteiger partial charge in [0.05, 0.1) is 23.6 Å². The Balaban J connectivity index is 1.51. The molecule has 2 N–H and O–H groups in total. The number of aryl methyl sites for hydroxylation is 1. The van der Waals surface area contributed by atoms with Crippen molar-refractivity contribution in [3.8, 4) is 33.9 Å². The molecule has 0 aliphatic heterocycles. The van der Waals surface area contributed by atoms with Crippen molar-refractivity contribution in [2.45, 2.75) is 0 Å². The fraction of sp³-hybridized carbons (Fsp3) is 0.0455. The van der Waals surface area contributed by atoms with Gasteiger partial charge in [-0.05, 0) is 29.8 Å². The Morgan fingerprint density at radius 1 is 1.03 bits per heavy atom. The van der Waals surface area contributed by atoms with Crippen LogP contribution in [-0.2, 0) is 7.05 Å². The molecule has 6 aromatic rings. The van der Waals surface area contributed by atoms with Crippen LogP contribution in [0.25, 0.3) is 56.0 Å². The molecule has 1 aromatic carbocycles. The Labute approximate surface area is 174 Å². The van der Waals surface area contributed by atoms with Crippen LogP contribution in [0.3, 0.4) is 0 Å². The van der Waals surface area contributed by atoms with Gasteiger partial charge in [0.25, 0.3) is 0 Å². The van der Waals surface area contributed by atoms with Crippen LogP contribution in [0, 0.1) is 5.82 Å². The van der Waals surface area contributed by atoms with E-state index in [4.69, 9.17) is 4.98 Å². The lowest BCUT2D eigenvalue weighted by atomic mass is 10.1. The topological polar surface area (TPSA) is 101 Å². The van der Waals surface area contributed by atoms with Crippen molar-refractivity contribution >= 4 is 22.1 Å². The van der Waals surface area contributed by atoms with E-state index in [1.807, 2.05) is 31.4 Å². The second-order valence-electron chi connectivity index (χ2n) is 7.24. The molecule has 0 spiro atoms. The summed E-state index contributed by atoms with van der Waals surface area (Å²) >= 11 is 0. The average molecular weight is 410 g/mol. The van der Waals surface area contributed by atoms with Gasteiger partial charge in [0.15, 0.2) is 11.5 Å². The van der Waals surface area contributed by atoms with Gasteiger partial charge in [-0.15, -0.1) is 0 Å². The van der Waals surface area contributed by atoms with E-state index in [9.17, 15) is 4.39 Å². The van der Waals surface area contributed by atoms with Crippen LogP contribution in [0.1, 0.15) is 0 Å². The fourth-order valence-electron chi connectivity index (χ4n) is 3.72. The van der Waals surface area contributed by atoms with Crippen LogP contribution >= 0.6 is 0 Å². The first kappa shape index (κ1) is 17.5. The highest BCUT2D eigenvalue weighted by atomic mass is 19.1. The highest BCUT2D eigenvalue weighted by Crippen LogP contribution is 2.31. The third kappa shape index (κ3) is 2.86. The van der Waals surface area contributed by atoms with E-state index in [0.717, 1.165) is 33.3 Å². The molecular formula is C22H15FN8. The summed E-state index contributed by atoms with van der Waals surface area (Å²) in [6.07, 6.45) is 7.10. The van der Waals surface area contributed by atoms with Crippen molar-refractivity contribution in [3.05, 3.63) is 67.0 Å². The smallest absolute Gasteiger partial charge is 0.160 e. The molecule has 5 aromatic heterocycles. The van der Waals surface area contributed by atoms with Crippen molar-refractivity contribution in [1.29, 1.82) is 0 Å². The van der Waals surface area contributed by atoms with Gasteiger partial charge in [-0.25, -0.2) is 14.4 Å². The third-order valence-corrected chi connectivity index (χ3v) is 5.19. The summed E-state index contributed by atoms with van der Waals surface area (Å²) in [5, 5.41) is 12.5. The summed E-state index contributed by atoms with van der Waals surface area (Å²) in [4.78, 5) is 16.9. The van der Waals surface area contributed by atoms with E-state index in [0.29, 0.717) is 22.7 Å². The van der Waals surface area contributed by atoms with E-state index >= 15 is 0 Å². The van der Waals surface area contributed by atoms with Crippen molar-refractivity contribution < 1.29 is 4.39 Å². The number of imidazole rings is 1. The number of halogens is 1. The van der Waals surface area contributed by atoms with Gasteiger partial charge in [-0.1, -0.05) is 12.1 Å². The second kappa shape index (κ2) is 6.56. The molecule has 0 amide bonds. The molecule has 0 saturated carbocycles. The van der Waals surface area contributed by atoms with Crippen molar-refractivity contribution in [3.63, 3.8) is 0 Å². The lowest BCUT2D eigenvalue weighted by Gasteiger charge is -2.01. The first-order valence-electron chi connectivity index (χ1n) is 9.60. The zero-order valence-corrected chi connectivity index (χ0v) is 16.3. The number of aromatic amines is 2. The van der Waals surface area contributed by atoms with E-state index in [1.54, 1.807) is 29.3 Å². The highest BCUT2D eigenvalue weighted by Gasteiger charge is 2.17. The molecule has 31 heavy (non-hydrogen) atoms. The van der Waals surface area contributed by atoms with Gasteiger partial charge < -0.3 is 4.98 Å². The molecule has 0 aliphatic carbocycles. The number of fused-ring (bicyclic) bond motifs is 2. The molecule has 0 atom stereocenters. The van der Waals surface area contributed by atoms with Crippen LogP contribution in [0.2, 0.25) is 0 Å². The predicted molar refractivity (Wildman–Crippen MR) is 114 cm³/mol. The lowest BCUT2D eigenvalue weighted by Crippen LogP contribution is -1.85. The summed E-state index contributed by atoms with van der Waals surface area (Å²) in [5.74, 6) is 0.271. The van der Waals surface area contributed by atoms with Crippen LogP contribution < -0.4 is 0 Å². The molecule has 0 saturated heterocycles. The van der Waals surface area contributed by atoms with Gasteiger partial charge in [0.2, 0.25) is 0 Å². The normalized spacial score (nSPS) is 11.5. The maximum absolute atomic E-state index is 13.8. The Kier molecular flexibility index (Phi) is 3.69. The monoisotopic (exact) mass is 410 g/mol. The quantitative estimate of drug-likeness (QED) is 0.457. The SMILES string of the molecule is Cn1cc(-c2cc3c(-c4nc5c(-c6cccc(F)c6)ccnc5[nH]4)n[nH]c3cn2)cn1. The first-order valence-corrected chi connectivity index (χ1v) is 9.60. The zero-order valence-electron chi connectivity index (χ0n) is 16.3. The molecule has 0 aliphatic rings. The van der Waals surface area contributed by atoms with Crippen molar-refractivity contribution in [1.82, 2.24) is 39.9 Å². The Morgan fingerprint density at radius 3 is 2.81 bits per heavy atom. The van der Waals surface area contributed by atoms with E-state index < -0.39 is 0 Å². The molecule has 5 heterocycles.